The topological polar surface area (TPSA) is 68.5 Å². The molecular formula is C7H13NO3. The highest BCUT2D eigenvalue weighted by molar-refractivity contribution is 5.86. The van der Waals surface area contributed by atoms with Gasteiger partial charge in [-0.05, 0) is 6.92 Å². The Morgan fingerprint density at radius 2 is 2.18 bits per heavy atom. The molecule has 0 radical (unpaired) electrons. The number of aliphatic hydroxyl groups is 1. The Balaban J connectivity index is 0.000000271. The lowest BCUT2D eigenvalue weighted by Crippen LogP contribution is -2.04. The maximum atomic E-state index is 10.3. The van der Waals surface area contributed by atoms with Crippen molar-refractivity contribution in [3.05, 3.63) is 12.2 Å². The molecule has 4 nitrogen and oxygen atoms in total. The molecule has 4 heteroatoms. The number of aliphatic hydroxyl groups excluding tert-OH is 1. The molecule has 1 aliphatic heterocycles. The first-order valence-electron chi connectivity index (χ1n) is 3.32. The molecule has 0 aromatic heterocycles. The van der Waals surface area contributed by atoms with Gasteiger partial charge in [0.15, 0.2) is 6.79 Å². The van der Waals surface area contributed by atoms with Gasteiger partial charge in [-0.3, -0.25) is 0 Å². The quantitative estimate of drug-likeness (QED) is 0.250. The zero-order chi connectivity index (χ0) is 8.69. The average molecular weight is 159 g/mol. The van der Waals surface area contributed by atoms with Crippen LogP contribution in [0, 0.1) is 0 Å². The zero-order valence-corrected chi connectivity index (χ0v) is 6.59. The number of carbonyl (C=O) groups excluding carboxylic acids is 1. The van der Waals surface area contributed by atoms with Crippen molar-refractivity contribution in [3.63, 3.8) is 0 Å². The van der Waals surface area contributed by atoms with Crippen LogP contribution in [0.3, 0.4) is 0 Å². The largest absolute Gasteiger partial charge is 0.435 e. The molecule has 0 amide bonds. The van der Waals surface area contributed by atoms with E-state index in [0.717, 1.165) is 0 Å². The van der Waals surface area contributed by atoms with E-state index < -0.39 is 12.8 Å². The van der Waals surface area contributed by atoms with Crippen LogP contribution in [0.5, 0.6) is 0 Å². The molecule has 0 spiro atoms. The number of hydrogen-bond donors (Lipinski definition) is 2. The Bertz CT molecular complexity index is 140. The summed E-state index contributed by atoms with van der Waals surface area (Å²) in [7, 11) is 0. The monoisotopic (exact) mass is 159 g/mol. The first-order chi connectivity index (χ1) is 5.18. The summed E-state index contributed by atoms with van der Waals surface area (Å²) in [6, 6.07) is 0. The van der Waals surface area contributed by atoms with Gasteiger partial charge in [0.25, 0.3) is 0 Å². The summed E-state index contributed by atoms with van der Waals surface area (Å²) >= 11 is 0. The van der Waals surface area contributed by atoms with E-state index in [2.05, 4.69) is 16.6 Å². The number of hydrogen-bond acceptors (Lipinski definition) is 4. The van der Waals surface area contributed by atoms with Gasteiger partial charge in [0.05, 0.1) is 0 Å². The number of esters is 1. The van der Waals surface area contributed by atoms with E-state index in [1.807, 2.05) is 0 Å². The molecule has 0 saturated carbocycles. The van der Waals surface area contributed by atoms with Crippen LogP contribution in [-0.2, 0) is 9.53 Å². The van der Waals surface area contributed by atoms with Crippen molar-refractivity contribution < 1.29 is 14.6 Å². The van der Waals surface area contributed by atoms with Gasteiger partial charge in [0.1, 0.15) is 0 Å². The van der Waals surface area contributed by atoms with Crippen LogP contribution in [0.25, 0.3) is 0 Å². The van der Waals surface area contributed by atoms with Gasteiger partial charge < -0.3 is 15.2 Å². The Morgan fingerprint density at radius 3 is 2.27 bits per heavy atom. The molecule has 11 heavy (non-hydrogen) atoms. The normalized spacial score (nSPS) is 12.5. The van der Waals surface area contributed by atoms with Crippen LogP contribution >= 0.6 is 0 Å². The molecule has 0 aromatic rings. The van der Waals surface area contributed by atoms with Crippen molar-refractivity contribution in [2.45, 2.75) is 6.92 Å². The van der Waals surface area contributed by atoms with Crippen molar-refractivity contribution in [1.82, 2.24) is 5.32 Å². The fourth-order valence-corrected chi connectivity index (χ4v) is 0.182. The number of carbonyl (C=O) groups is 1. The summed E-state index contributed by atoms with van der Waals surface area (Å²) in [6.07, 6.45) is 0. The van der Waals surface area contributed by atoms with Crippen molar-refractivity contribution in [3.8, 4) is 0 Å². The highest BCUT2D eigenvalue weighted by Gasteiger charge is 1.98. The first kappa shape index (κ1) is 10.1. The molecule has 1 fully saturated rings. The van der Waals surface area contributed by atoms with Gasteiger partial charge in [-0.1, -0.05) is 6.58 Å². The van der Waals surface area contributed by atoms with Gasteiger partial charge in [0, 0.05) is 18.7 Å². The van der Waals surface area contributed by atoms with E-state index in [1.54, 1.807) is 0 Å². The lowest BCUT2D eigenvalue weighted by atomic mass is 10.4. The van der Waals surface area contributed by atoms with Crippen molar-refractivity contribution in [1.29, 1.82) is 0 Å². The molecule has 1 heterocycles. The van der Waals surface area contributed by atoms with Crippen LogP contribution in [0.15, 0.2) is 12.2 Å². The van der Waals surface area contributed by atoms with Gasteiger partial charge in [-0.25, -0.2) is 4.79 Å². The molecule has 1 rings (SSSR count). The number of rotatable bonds is 2. The van der Waals surface area contributed by atoms with E-state index in [-0.39, 0.29) is 0 Å². The van der Waals surface area contributed by atoms with Crippen LogP contribution in [-0.4, -0.2) is 31.0 Å². The molecule has 1 aliphatic rings. The Hall–Kier alpha value is -0.870. The lowest BCUT2D eigenvalue weighted by Gasteiger charge is -1.95. The van der Waals surface area contributed by atoms with E-state index in [1.165, 1.54) is 20.0 Å². The molecule has 1 saturated heterocycles. The number of nitrogens with one attached hydrogen (secondary N) is 1. The second-order valence-electron chi connectivity index (χ2n) is 2.09. The lowest BCUT2D eigenvalue weighted by molar-refractivity contribution is -0.146. The molecule has 0 aliphatic carbocycles. The van der Waals surface area contributed by atoms with Gasteiger partial charge in [-0.15, -0.1) is 0 Å². The summed E-state index contributed by atoms with van der Waals surface area (Å²) in [5.41, 5.74) is 0.291. The molecule has 0 aromatic carbocycles. The molecular weight excluding hydrogens is 146 g/mol. The minimum absolute atomic E-state index is 0.291. The summed E-state index contributed by atoms with van der Waals surface area (Å²) in [5, 5.41) is 11.0. The maximum Gasteiger partial charge on any atom is 0.335 e. The third-order valence-electron chi connectivity index (χ3n) is 0.794. The standard InChI is InChI=1S/C5H8O3.C2H5N/c1-4(2)5(7)8-3-6;1-2-3-1/h6H,1,3H2,2H3;3H,1-2H2. The van der Waals surface area contributed by atoms with Crippen LogP contribution in [0.4, 0.5) is 0 Å². The van der Waals surface area contributed by atoms with Crippen molar-refractivity contribution >= 4 is 5.97 Å². The second-order valence-corrected chi connectivity index (χ2v) is 2.09. The minimum Gasteiger partial charge on any atom is -0.435 e. The third-order valence-corrected chi connectivity index (χ3v) is 0.794. The van der Waals surface area contributed by atoms with Gasteiger partial charge in [0.2, 0.25) is 0 Å². The summed E-state index contributed by atoms with van der Waals surface area (Å²) in [5.74, 6) is -0.562. The fourth-order valence-electron chi connectivity index (χ4n) is 0.182. The highest BCUT2D eigenvalue weighted by Crippen LogP contribution is 1.88. The minimum atomic E-state index is -0.578. The first-order valence-corrected chi connectivity index (χ1v) is 3.32. The average Bonchev–Trinajstić information content (AvgIpc) is 2.72. The van der Waals surface area contributed by atoms with Crippen LogP contribution in [0.2, 0.25) is 0 Å². The zero-order valence-electron chi connectivity index (χ0n) is 6.59. The molecule has 0 unspecified atom stereocenters. The Labute approximate surface area is 65.9 Å². The van der Waals surface area contributed by atoms with E-state index in [0.29, 0.717) is 5.57 Å². The van der Waals surface area contributed by atoms with Crippen LogP contribution in [0.1, 0.15) is 6.92 Å². The molecule has 0 bridgehead atoms. The van der Waals surface area contributed by atoms with Gasteiger partial charge in [-0.2, -0.15) is 0 Å². The van der Waals surface area contributed by atoms with E-state index >= 15 is 0 Å². The van der Waals surface area contributed by atoms with E-state index in [9.17, 15) is 4.79 Å². The SMILES string of the molecule is C1CN1.C=C(C)C(=O)OCO. The second kappa shape index (κ2) is 5.88. The highest BCUT2D eigenvalue weighted by atomic mass is 16.6. The predicted molar refractivity (Wildman–Crippen MR) is 40.9 cm³/mol. The number of ether oxygens (including phenoxy) is 1. The van der Waals surface area contributed by atoms with Crippen LogP contribution < -0.4 is 5.32 Å². The molecule has 2 N–H and O–H groups in total. The van der Waals surface area contributed by atoms with Gasteiger partial charge >= 0.3 is 5.97 Å². The summed E-state index contributed by atoms with van der Waals surface area (Å²) in [4.78, 5) is 10.3. The fraction of sp³-hybridized carbons (Fsp3) is 0.571. The summed E-state index contributed by atoms with van der Waals surface area (Å²) < 4.78 is 4.12. The van der Waals surface area contributed by atoms with E-state index in [4.69, 9.17) is 5.11 Å². The summed E-state index contributed by atoms with van der Waals surface area (Å²) in [6.45, 7) is 6.72. The molecule has 64 valence electrons. The maximum absolute atomic E-state index is 10.3. The van der Waals surface area contributed by atoms with Crippen molar-refractivity contribution in [2.75, 3.05) is 19.9 Å². The third kappa shape index (κ3) is 9.13. The Morgan fingerprint density at radius 1 is 1.73 bits per heavy atom. The predicted octanol–water partition coefficient (Wildman–Crippen LogP) is -0.355. The van der Waals surface area contributed by atoms with Crippen molar-refractivity contribution in [2.24, 2.45) is 0 Å². The smallest absolute Gasteiger partial charge is 0.335 e. The Kier molecular flexibility index (Phi) is 5.42. The molecule has 0 atom stereocenters.